The summed E-state index contributed by atoms with van der Waals surface area (Å²) in [5, 5.41) is 0. The number of likely N-dealkylation sites (N-methyl/N-ethyl adjacent to an activating group) is 1. The molecule has 0 saturated carbocycles. The van der Waals surface area contributed by atoms with E-state index in [4.69, 9.17) is 14.7 Å². The number of hydrogen-bond acceptors (Lipinski definition) is 8. The molecular formula is C24H35N7O. The third-order valence-corrected chi connectivity index (χ3v) is 6.81. The fourth-order valence-corrected chi connectivity index (χ4v) is 4.62. The lowest BCUT2D eigenvalue weighted by Gasteiger charge is -2.38. The largest absolute Gasteiger partial charge is 0.378 e. The van der Waals surface area contributed by atoms with Crippen LogP contribution in [-0.2, 0) is 4.74 Å². The molecule has 0 radical (unpaired) electrons. The number of benzene rings is 1. The molecule has 0 spiro atoms. The Bertz CT molecular complexity index is 884. The molecule has 2 aromatic rings. The summed E-state index contributed by atoms with van der Waals surface area (Å²) in [6.07, 6.45) is 0. The predicted octanol–water partition coefficient (Wildman–Crippen LogP) is 1.70. The van der Waals surface area contributed by atoms with Gasteiger partial charge in [-0.2, -0.15) is 9.97 Å². The zero-order valence-electron chi connectivity index (χ0n) is 19.4. The van der Waals surface area contributed by atoms with Gasteiger partial charge in [-0.3, -0.25) is 0 Å². The number of aromatic nitrogens is 2. The van der Waals surface area contributed by atoms with Crippen molar-refractivity contribution in [2.24, 2.45) is 0 Å². The van der Waals surface area contributed by atoms with Crippen LogP contribution in [0, 0.1) is 6.92 Å². The van der Waals surface area contributed by atoms with E-state index in [0.717, 1.165) is 96.2 Å². The minimum Gasteiger partial charge on any atom is -0.378 e. The van der Waals surface area contributed by atoms with Crippen LogP contribution >= 0.6 is 0 Å². The molecule has 3 aliphatic rings. The molecule has 8 heteroatoms. The smallest absolute Gasteiger partial charge is 0.229 e. The van der Waals surface area contributed by atoms with Crippen molar-refractivity contribution in [3.05, 3.63) is 35.9 Å². The van der Waals surface area contributed by atoms with E-state index in [2.05, 4.69) is 68.8 Å². The van der Waals surface area contributed by atoms with Crippen LogP contribution in [0.4, 0.5) is 23.3 Å². The highest BCUT2D eigenvalue weighted by molar-refractivity contribution is 5.57. The molecule has 5 rings (SSSR count). The van der Waals surface area contributed by atoms with E-state index < -0.39 is 0 Å². The van der Waals surface area contributed by atoms with Gasteiger partial charge < -0.3 is 29.2 Å². The average Bonchev–Trinajstić information content (AvgIpc) is 2.85. The summed E-state index contributed by atoms with van der Waals surface area (Å²) in [6.45, 7) is 13.4. The van der Waals surface area contributed by atoms with Crippen LogP contribution in [0.1, 0.15) is 5.56 Å². The molecular weight excluding hydrogens is 402 g/mol. The van der Waals surface area contributed by atoms with E-state index in [-0.39, 0.29) is 0 Å². The number of rotatable bonds is 4. The number of aryl methyl sites for hydroxylation is 1. The summed E-state index contributed by atoms with van der Waals surface area (Å²) in [4.78, 5) is 22.0. The summed E-state index contributed by atoms with van der Waals surface area (Å²) in [5.41, 5.74) is 2.62. The second-order valence-corrected chi connectivity index (χ2v) is 9.08. The van der Waals surface area contributed by atoms with Gasteiger partial charge in [0.15, 0.2) is 0 Å². The van der Waals surface area contributed by atoms with Crippen molar-refractivity contribution in [3.8, 4) is 0 Å². The lowest BCUT2D eigenvalue weighted by atomic mass is 10.2. The second kappa shape index (κ2) is 9.50. The maximum atomic E-state index is 5.57. The Morgan fingerprint density at radius 3 is 1.81 bits per heavy atom. The molecule has 0 aliphatic carbocycles. The first kappa shape index (κ1) is 21.3. The van der Waals surface area contributed by atoms with Gasteiger partial charge in [0.25, 0.3) is 0 Å². The molecule has 3 saturated heterocycles. The highest BCUT2D eigenvalue weighted by Crippen LogP contribution is 2.26. The van der Waals surface area contributed by atoms with Gasteiger partial charge in [0, 0.05) is 77.2 Å². The third-order valence-electron chi connectivity index (χ3n) is 6.81. The van der Waals surface area contributed by atoms with Gasteiger partial charge >= 0.3 is 0 Å². The van der Waals surface area contributed by atoms with Crippen LogP contribution in [-0.4, -0.2) is 101 Å². The summed E-state index contributed by atoms with van der Waals surface area (Å²) in [6, 6.07) is 11.0. The molecule has 0 atom stereocenters. The molecule has 4 heterocycles. The van der Waals surface area contributed by atoms with Gasteiger partial charge in [0.2, 0.25) is 5.95 Å². The lowest BCUT2D eigenvalue weighted by Crippen LogP contribution is -2.48. The predicted molar refractivity (Wildman–Crippen MR) is 130 cm³/mol. The van der Waals surface area contributed by atoms with Gasteiger partial charge in [-0.25, -0.2) is 0 Å². The molecule has 32 heavy (non-hydrogen) atoms. The van der Waals surface area contributed by atoms with Crippen molar-refractivity contribution in [2.75, 3.05) is 105 Å². The SMILES string of the molecule is Cc1ccc(N2CCN(c3cc(N4CCOCC4)nc(N4CCN(C)CC4)n3)CC2)cc1. The molecule has 0 unspecified atom stereocenters. The first-order chi connectivity index (χ1) is 15.7. The maximum absolute atomic E-state index is 5.57. The summed E-state index contributed by atoms with van der Waals surface area (Å²) in [5.74, 6) is 2.96. The molecule has 0 bridgehead atoms. The Kier molecular flexibility index (Phi) is 6.32. The van der Waals surface area contributed by atoms with Crippen LogP contribution in [0.3, 0.4) is 0 Å². The molecule has 8 nitrogen and oxygen atoms in total. The van der Waals surface area contributed by atoms with Crippen molar-refractivity contribution in [3.63, 3.8) is 0 Å². The molecule has 1 aromatic carbocycles. The standard InChI is InChI=1S/C24H35N7O/c1-20-3-5-21(6-4-20)28-11-13-29(14-12-28)22-19-23(30-15-17-32-18-16-30)26-24(25-22)31-9-7-27(2)8-10-31/h3-6,19H,7-18H2,1-2H3. The lowest BCUT2D eigenvalue weighted by molar-refractivity contribution is 0.122. The molecule has 1 aromatic heterocycles. The number of anilines is 4. The number of ether oxygens (including phenoxy) is 1. The summed E-state index contributed by atoms with van der Waals surface area (Å²) >= 11 is 0. The molecule has 0 amide bonds. The van der Waals surface area contributed by atoms with Crippen molar-refractivity contribution in [2.45, 2.75) is 6.92 Å². The second-order valence-electron chi connectivity index (χ2n) is 9.08. The Hall–Kier alpha value is -2.58. The molecule has 172 valence electrons. The third kappa shape index (κ3) is 4.76. The van der Waals surface area contributed by atoms with Crippen LogP contribution in [0.2, 0.25) is 0 Å². The van der Waals surface area contributed by atoms with E-state index in [0.29, 0.717) is 0 Å². The van der Waals surface area contributed by atoms with Crippen molar-refractivity contribution < 1.29 is 4.74 Å². The van der Waals surface area contributed by atoms with Crippen LogP contribution in [0.5, 0.6) is 0 Å². The quantitative estimate of drug-likeness (QED) is 0.717. The Morgan fingerprint density at radius 2 is 1.19 bits per heavy atom. The van der Waals surface area contributed by atoms with E-state index >= 15 is 0 Å². The number of nitrogens with zero attached hydrogens (tertiary/aromatic N) is 7. The van der Waals surface area contributed by atoms with Crippen LogP contribution in [0.15, 0.2) is 30.3 Å². The number of piperazine rings is 2. The van der Waals surface area contributed by atoms with Gasteiger partial charge in [-0.1, -0.05) is 17.7 Å². The molecule has 3 fully saturated rings. The Balaban J connectivity index is 1.35. The number of morpholine rings is 1. The first-order valence-electron chi connectivity index (χ1n) is 11.9. The highest BCUT2D eigenvalue weighted by Gasteiger charge is 2.24. The van der Waals surface area contributed by atoms with E-state index in [1.165, 1.54) is 11.3 Å². The summed E-state index contributed by atoms with van der Waals surface area (Å²) in [7, 11) is 2.18. The topological polar surface area (TPSA) is 51.2 Å². The van der Waals surface area contributed by atoms with E-state index in [1.54, 1.807) is 0 Å². The fraction of sp³-hybridized carbons (Fsp3) is 0.583. The van der Waals surface area contributed by atoms with Gasteiger partial charge in [-0.15, -0.1) is 0 Å². The zero-order chi connectivity index (χ0) is 21.9. The van der Waals surface area contributed by atoms with Crippen molar-refractivity contribution >= 4 is 23.3 Å². The number of hydrogen-bond donors (Lipinski definition) is 0. The van der Waals surface area contributed by atoms with Crippen molar-refractivity contribution in [1.82, 2.24) is 14.9 Å². The van der Waals surface area contributed by atoms with Crippen LogP contribution < -0.4 is 19.6 Å². The van der Waals surface area contributed by atoms with Gasteiger partial charge in [0.1, 0.15) is 11.6 Å². The van der Waals surface area contributed by atoms with E-state index in [1.807, 2.05) is 0 Å². The maximum Gasteiger partial charge on any atom is 0.229 e. The van der Waals surface area contributed by atoms with Crippen molar-refractivity contribution in [1.29, 1.82) is 0 Å². The Labute approximate surface area is 191 Å². The highest BCUT2D eigenvalue weighted by atomic mass is 16.5. The van der Waals surface area contributed by atoms with Gasteiger partial charge in [0.05, 0.1) is 13.2 Å². The fourth-order valence-electron chi connectivity index (χ4n) is 4.62. The molecule has 3 aliphatic heterocycles. The minimum absolute atomic E-state index is 0.762. The normalized spacial score (nSPS) is 20.7. The zero-order valence-corrected chi connectivity index (χ0v) is 19.4. The average molecular weight is 438 g/mol. The first-order valence-corrected chi connectivity index (χ1v) is 11.9. The monoisotopic (exact) mass is 437 g/mol. The van der Waals surface area contributed by atoms with Crippen LogP contribution in [0.25, 0.3) is 0 Å². The van der Waals surface area contributed by atoms with Gasteiger partial charge in [-0.05, 0) is 26.1 Å². The summed E-state index contributed by atoms with van der Waals surface area (Å²) < 4.78 is 5.57. The molecule has 0 N–H and O–H groups in total. The minimum atomic E-state index is 0.762. The van der Waals surface area contributed by atoms with E-state index in [9.17, 15) is 0 Å². The Morgan fingerprint density at radius 1 is 0.656 bits per heavy atom.